The van der Waals surface area contributed by atoms with Crippen molar-refractivity contribution in [2.24, 2.45) is 0 Å². The lowest BCUT2D eigenvalue weighted by Crippen LogP contribution is -1.65. The molecule has 0 aromatic carbocycles. The van der Waals surface area contributed by atoms with Crippen molar-refractivity contribution in [1.29, 1.82) is 10.5 Å². The summed E-state index contributed by atoms with van der Waals surface area (Å²) in [7, 11) is 0. The maximum atomic E-state index is 7.95. The van der Waals surface area contributed by atoms with Crippen LogP contribution in [0.15, 0.2) is 5.57 Å². The van der Waals surface area contributed by atoms with E-state index >= 15 is 0 Å². The second-order valence-electron chi connectivity index (χ2n) is 0.849. The summed E-state index contributed by atoms with van der Waals surface area (Å²) in [5, 5.41) is 15.9. The standard InChI is InChI=1S/C5H3N2/c1-2-5(3-6)4-7/h1H3. The smallest absolute Gasteiger partial charge is 0.132 e. The van der Waals surface area contributed by atoms with E-state index in [1.165, 1.54) is 6.92 Å². The molecule has 0 saturated heterocycles. The molecular weight excluding hydrogens is 88.1 g/mol. The molecule has 33 valence electrons. The highest BCUT2D eigenvalue weighted by atomic mass is 14.3. The van der Waals surface area contributed by atoms with Gasteiger partial charge in [-0.25, -0.2) is 0 Å². The Hall–Kier alpha value is -1.28. The van der Waals surface area contributed by atoms with E-state index in [-0.39, 0.29) is 5.57 Å². The van der Waals surface area contributed by atoms with Crippen LogP contribution in [0.4, 0.5) is 0 Å². The average Bonchev–Trinajstić information content (AvgIpc) is 1.72. The van der Waals surface area contributed by atoms with Crippen LogP contribution in [-0.2, 0) is 0 Å². The molecule has 0 N–H and O–H groups in total. The van der Waals surface area contributed by atoms with Crippen molar-refractivity contribution in [1.82, 2.24) is 0 Å². The molecule has 0 amide bonds. The van der Waals surface area contributed by atoms with Gasteiger partial charge in [-0.05, 0) is 13.0 Å². The fourth-order valence-corrected chi connectivity index (χ4v) is 0.137. The molecule has 0 aliphatic heterocycles. The van der Waals surface area contributed by atoms with Gasteiger partial charge in [-0.15, -0.1) is 0 Å². The zero-order chi connectivity index (χ0) is 5.70. The second kappa shape index (κ2) is 2.93. The first-order valence-electron chi connectivity index (χ1n) is 1.70. The second-order valence-corrected chi connectivity index (χ2v) is 0.849. The van der Waals surface area contributed by atoms with Gasteiger partial charge in [0.2, 0.25) is 0 Å². The highest BCUT2D eigenvalue weighted by Gasteiger charge is 1.82. The normalized spacial score (nSPS) is 5.57. The summed E-state index contributed by atoms with van der Waals surface area (Å²) in [4.78, 5) is 0. The van der Waals surface area contributed by atoms with Gasteiger partial charge in [0, 0.05) is 0 Å². The third kappa shape index (κ3) is 1.57. The van der Waals surface area contributed by atoms with Crippen LogP contribution in [0.3, 0.4) is 0 Å². The number of rotatable bonds is 0. The van der Waals surface area contributed by atoms with Crippen molar-refractivity contribution in [3.63, 3.8) is 0 Å². The minimum Gasteiger partial charge on any atom is -0.192 e. The van der Waals surface area contributed by atoms with Crippen LogP contribution in [0.2, 0.25) is 0 Å². The van der Waals surface area contributed by atoms with E-state index < -0.39 is 0 Å². The van der Waals surface area contributed by atoms with Gasteiger partial charge in [-0.1, -0.05) is 0 Å². The Balaban J connectivity index is 4.03. The molecule has 2 nitrogen and oxygen atoms in total. The number of nitrogens with zero attached hydrogens (tertiary/aromatic N) is 2. The van der Waals surface area contributed by atoms with E-state index in [1.807, 2.05) is 0 Å². The molecular formula is C5H3N2. The lowest BCUT2D eigenvalue weighted by atomic mass is 10.3. The molecule has 0 aliphatic rings. The Morgan fingerprint density at radius 1 is 1.29 bits per heavy atom. The summed E-state index contributed by atoms with van der Waals surface area (Å²) in [6.45, 7) is 1.53. The minimum absolute atomic E-state index is 0.0417. The van der Waals surface area contributed by atoms with Crippen LogP contribution in [0.25, 0.3) is 0 Å². The first kappa shape index (κ1) is 5.72. The lowest BCUT2D eigenvalue weighted by molar-refractivity contribution is 1.43. The maximum Gasteiger partial charge on any atom is 0.132 e. The Labute approximate surface area is 42.3 Å². The molecule has 0 atom stereocenters. The van der Waals surface area contributed by atoms with Gasteiger partial charge in [0.05, 0.1) is 0 Å². The molecule has 0 bridgehead atoms. The average molecular weight is 91.1 g/mol. The SMILES string of the molecule is C[C]=C(C#N)C#N. The van der Waals surface area contributed by atoms with Crippen molar-refractivity contribution < 1.29 is 0 Å². The highest BCUT2D eigenvalue weighted by Crippen LogP contribution is 1.82. The lowest BCUT2D eigenvalue weighted by Gasteiger charge is -1.66. The van der Waals surface area contributed by atoms with Crippen molar-refractivity contribution in [3.05, 3.63) is 11.6 Å². The van der Waals surface area contributed by atoms with Crippen LogP contribution < -0.4 is 0 Å². The molecule has 0 spiro atoms. The van der Waals surface area contributed by atoms with Gasteiger partial charge in [0.15, 0.2) is 0 Å². The van der Waals surface area contributed by atoms with E-state index in [2.05, 4.69) is 6.08 Å². The summed E-state index contributed by atoms with van der Waals surface area (Å²) < 4.78 is 0. The van der Waals surface area contributed by atoms with Crippen LogP contribution in [-0.4, -0.2) is 0 Å². The molecule has 7 heavy (non-hydrogen) atoms. The predicted octanol–water partition coefficient (Wildman–Crippen LogP) is 0.783. The molecule has 0 saturated carbocycles. The van der Waals surface area contributed by atoms with Crippen LogP contribution in [0, 0.1) is 28.7 Å². The first-order valence-corrected chi connectivity index (χ1v) is 1.70. The Morgan fingerprint density at radius 3 is 1.71 bits per heavy atom. The van der Waals surface area contributed by atoms with E-state index in [4.69, 9.17) is 10.5 Å². The van der Waals surface area contributed by atoms with Gasteiger partial charge in [0.1, 0.15) is 17.7 Å². The summed E-state index contributed by atoms with van der Waals surface area (Å²) in [5.41, 5.74) is 0.0417. The van der Waals surface area contributed by atoms with Gasteiger partial charge >= 0.3 is 0 Å². The quantitative estimate of drug-likeness (QED) is 0.413. The topological polar surface area (TPSA) is 47.6 Å². The maximum absolute atomic E-state index is 7.95. The Bertz CT molecular complexity index is 138. The van der Waals surface area contributed by atoms with Crippen molar-refractivity contribution >= 4 is 0 Å². The van der Waals surface area contributed by atoms with Crippen molar-refractivity contribution in [2.75, 3.05) is 0 Å². The summed E-state index contributed by atoms with van der Waals surface area (Å²) >= 11 is 0. The van der Waals surface area contributed by atoms with Gasteiger partial charge < -0.3 is 0 Å². The van der Waals surface area contributed by atoms with Crippen molar-refractivity contribution in [3.8, 4) is 12.1 Å². The molecule has 0 aromatic heterocycles. The number of nitriles is 2. The largest absolute Gasteiger partial charge is 0.192 e. The van der Waals surface area contributed by atoms with Crippen molar-refractivity contribution in [2.45, 2.75) is 6.92 Å². The third-order valence-corrected chi connectivity index (χ3v) is 0.474. The Kier molecular flexibility index (Phi) is 2.40. The molecule has 0 rings (SSSR count). The van der Waals surface area contributed by atoms with Crippen LogP contribution in [0.5, 0.6) is 0 Å². The van der Waals surface area contributed by atoms with E-state index in [0.29, 0.717) is 0 Å². The zero-order valence-electron chi connectivity index (χ0n) is 3.89. The summed E-state index contributed by atoms with van der Waals surface area (Å²) in [6, 6.07) is 3.29. The van der Waals surface area contributed by atoms with Crippen LogP contribution in [0.1, 0.15) is 6.92 Å². The number of hydrogen-bond donors (Lipinski definition) is 0. The summed E-state index contributed by atoms with van der Waals surface area (Å²) in [5.74, 6) is 0. The van der Waals surface area contributed by atoms with Gasteiger partial charge in [-0.3, -0.25) is 0 Å². The number of hydrogen-bond acceptors (Lipinski definition) is 2. The third-order valence-electron chi connectivity index (χ3n) is 0.474. The summed E-state index contributed by atoms with van der Waals surface area (Å²) in [6.07, 6.45) is 2.40. The number of allylic oxidation sites excluding steroid dienone is 2. The molecule has 0 unspecified atom stereocenters. The molecule has 2 heteroatoms. The molecule has 0 aromatic rings. The van der Waals surface area contributed by atoms with E-state index in [1.54, 1.807) is 12.1 Å². The monoisotopic (exact) mass is 91.0 g/mol. The van der Waals surface area contributed by atoms with E-state index in [9.17, 15) is 0 Å². The van der Waals surface area contributed by atoms with Crippen LogP contribution >= 0.6 is 0 Å². The first-order chi connectivity index (χ1) is 3.35. The van der Waals surface area contributed by atoms with E-state index in [0.717, 1.165) is 0 Å². The molecule has 0 fully saturated rings. The molecule has 0 heterocycles. The Morgan fingerprint density at radius 2 is 1.71 bits per heavy atom. The van der Waals surface area contributed by atoms with Gasteiger partial charge in [-0.2, -0.15) is 10.5 Å². The molecule has 1 radical (unpaired) electrons. The predicted molar refractivity (Wildman–Crippen MR) is 23.7 cm³/mol. The minimum atomic E-state index is 0.0417. The highest BCUT2D eigenvalue weighted by molar-refractivity contribution is 5.31. The van der Waals surface area contributed by atoms with Gasteiger partial charge in [0.25, 0.3) is 0 Å². The molecule has 0 aliphatic carbocycles. The fourth-order valence-electron chi connectivity index (χ4n) is 0.137. The fraction of sp³-hybridized carbons (Fsp3) is 0.200. The zero-order valence-corrected chi connectivity index (χ0v) is 3.89.